The van der Waals surface area contributed by atoms with Crippen LogP contribution in [0.1, 0.15) is 24.5 Å². The molecule has 2 aromatic carbocycles. The minimum absolute atomic E-state index is 0.632. The van der Waals surface area contributed by atoms with Crippen LogP contribution in [0.3, 0.4) is 0 Å². The molecule has 0 aromatic heterocycles. The number of rotatable bonds is 6. The van der Waals surface area contributed by atoms with Crippen LogP contribution in [0.25, 0.3) is 0 Å². The Labute approximate surface area is 127 Å². The first-order chi connectivity index (χ1) is 10.3. The van der Waals surface area contributed by atoms with Gasteiger partial charge in [0.25, 0.3) is 0 Å². The highest BCUT2D eigenvalue weighted by molar-refractivity contribution is 5.29. The second-order valence-electron chi connectivity index (χ2n) is 5.81. The van der Waals surface area contributed by atoms with Crippen molar-refractivity contribution in [1.29, 1.82) is 0 Å². The van der Waals surface area contributed by atoms with E-state index in [0.29, 0.717) is 12.6 Å². The summed E-state index contributed by atoms with van der Waals surface area (Å²) < 4.78 is 5.90. The summed E-state index contributed by atoms with van der Waals surface area (Å²) in [5.41, 5.74) is 2.59. The summed E-state index contributed by atoms with van der Waals surface area (Å²) in [7, 11) is 0. The molecular formula is C19H23NO. The summed E-state index contributed by atoms with van der Waals surface area (Å²) >= 11 is 0. The molecule has 0 saturated carbocycles. The molecule has 1 aliphatic rings. The van der Waals surface area contributed by atoms with Crippen LogP contribution in [0.2, 0.25) is 0 Å². The van der Waals surface area contributed by atoms with E-state index in [9.17, 15) is 0 Å². The van der Waals surface area contributed by atoms with Crippen LogP contribution in [-0.4, -0.2) is 12.6 Å². The molecule has 1 aliphatic heterocycles. The number of hydrogen-bond acceptors (Lipinski definition) is 2. The topological polar surface area (TPSA) is 21.3 Å². The molecule has 2 aromatic rings. The number of benzene rings is 2. The monoisotopic (exact) mass is 281 g/mol. The van der Waals surface area contributed by atoms with Crippen molar-refractivity contribution in [3.8, 4) is 5.75 Å². The number of hydrogen-bond donors (Lipinski definition) is 1. The Balaban J connectivity index is 1.58. The molecule has 0 unspecified atom stereocenters. The third kappa shape index (κ3) is 3.64. The Bertz CT molecular complexity index is 565. The van der Waals surface area contributed by atoms with E-state index in [-0.39, 0.29) is 0 Å². The van der Waals surface area contributed by atoms with Crippen molar-refractivity contribution < 1.29 is 4.74 Å². The number of nitrogens with one attached hydrogen (secondary N) is 1. The Morgan fingerprint density at radius 1 is 1.05 bits per heavy atom. The van der Waals surface area contributed by atoms with Gasteiger partial charge in [-0.05, 0) is 42.0 Å². The summed E-state index contributed by atoms with van der Waals surface area (Å²) in [5.74, 6) is 1.75. The summed E-state index contributed by atoms with van der Waals surface area (Å²) in [6.07, 6.45) is 2.36. The Morgan fingerprint density at radius 2 is 1.86 bits per heavy atom. The van der Waals surface area contributed by atoms with Crippen molar-refractivity contribution in [2.45, 2.75) is 32.4 Å². The van der Waals surface area contributed by atoms with Crippen molar-refractivity contribution in [2.75, 3.05) is 6.54 Å². The van der Waals surface area contributed by atoms with Gasteiger partial charge in [0.15, 0.2) is 0 Å². The molecule has 110 valence electrons. The van der Waals surface area contributed by atoms with E-state index in [1.165, 1.54) is 17.5 Å². The van der Waals surface area contributed by atoms with Gasteiger partial charge in [-0.25, -0.2) is 0 Å². The quantitative estimate of drug-likeness (QED) is 0.869. The molecule has 0 amide bonds. The van der Waals surface area contributed by atoms with Crippen molar-refractivity contribution in [2.24, 2.45) is 5.92 Å². The highest BCUT2D eigenvalue weighted by Crippen LogP contribution is 2.23. The smallest absolute Gasteiger partial charge is 0.120 e. The highest BCUT2D eigenvalue weighted by atomic mass is 16.5. The fraction of sp³-hybridized carbons (Fsp3) is 0.368. The normalized spacial score (nSPS) is 20.8. The molecule has 1 fully saturated rings. The van der Waals surface area contributed by atoms with Crippen LogP contribution in [0.15, 0.2) is 54.6 Å². The van der Waals surface area contributed by atoms with Crippen molar-refractivity contribution in [3.63, 3.8) is 0 Å². The third-order valence-electron chi connectivity index (χ3n) is 4.30. The first kappa shape index (κ1) is 14.2. The molecule has 1 saturated heterocycles. The van der Waals surface area contributed by atoms with E-state index in [1.807, 2.05) is 24.3 Å². The van der Waals surface area contributed by atoms with E-state index in [0.717, 1.165) is 24.6 Å². The van der Waals surface area contributed by atoms with Gasteiger partial charge in [0.05, 0.1) is 0 Å². The van der Waals surface area contributed by atoms with Crippen LogP contribution < -0.4 is 10.1 Å². The lowest BCUT2D eigenvalue weighted by Gasteiger charge is -2.37. The standard InChI is InChI=1S/C19H23NO/c1-2-19-17(13-20-19)11-16-9-6-10-18(12-16)21-14-15-7-4-3-5-8-15/h3-10,12,17,19-20H,2,11,13-14H2,1H3/t17-,19-/m1/s1. The zero-order chi connectivity index (χ0) is 14.5. The van der Waals surface area contributed by atoms with Gasteiger partial charge >= 0.3 is 0 Å². The molecular weight excluding hydrogens is 258 g/mol. The average Bonchev–Trinajstić information content (AvgIpc) is 2.52. The SMILES string of the molecule is CC[C@H]1NC[C@H]1Cc1cccc(OCc2ccccc2)c1. The van der Waals surface area contributed by atoms with E-state index < -0.39 is 0 Å². The molecule has 0 aliphatic carbocycles. The molecule has 0 spiro atoms. The molecule has 2 atom stereocenters. The Hall–Kier alpha value is -1.80. The van der Waals surface area contributed by atoms with Crippen molar-refractivity contribution in [1.82, 2.24) is 5.32 Å². The molecule has 1 heterocycles. The molecule has 2 heteroatoms. The van der Waals surface area contributed by atoms with Gasteiger partial charge in [-0.1, -0.05) is 49.4 Å². The first-order valence-corrected chi connectivity index (χ1v) is 7.84. The van der Waals surface area contributed by atoms with Crippen LogP contribution in [0, 0.1) is 5.92 Å². The van der Waals surface area contributed by atoms with Gasteiger partial charge < -0.3 is 10.1 Å². The molecule has 0 bridgehead atoms. The van der Waals surface area contributed by atoms with Gasteiger partial charge in [-0.3, -0.25) is 0 Å². The molecule has 0 radical (unpaired) electrons. The predicted octanol–water partition coefficient (Wildman–Crippen LogP) is 3.81. The zero-order valence-corrected chi connectivity index (χ0v) is 12.6. The third-order valence-corrected chi connectivity index (χ3v) is 4.30. The van der Waals surface area contributed by atoms with E-state index in [2.05, 4.69) is 42.6 Å². The summed E-state index contributed by atoms with van der Waals surface area (Å²) in [4.78, 5) is 0. The van der Waals surface area contributed by atoms with Crippen LogP contribution in [0.4, 0.5) is 0 Å². The maximum Gasteiger partial charge on any atom is 0.120 e. The summed E-state index contributed by atoms with van der Waals surface area (Å²) in [6, 6.07) is 19.5. The summed E-state index contributed by atoms with van der Waals surface area (Å²) in [6.45, 7) is 4.03. The largest absolute Gasteiger partial charge is 0.489 e. The first-order valence-electron chi connectivity index (χ1n) is 7.84. The van der Waals surface area contributed by atoms with E-state index in [4.69, 9.17) is 4.74 Å². The zero-order valence-electron chi connectivity index (χ0n) is 12.6. The molecule has 3 rings (SSSR count). The van der Waals surface area contributed by atoms with Gasteiger partial charge in [0.2, 0.25) is 0 Å². The predicted molar refractivity (Wildman–Crippen MR) is 86.5 cm³/mol. The van der Waals surface area contributed by atoms with E-state index in [1.54, 1.807) is 0 Å². The van der Waals surface area contributed by atoms with Crippen LogP contribution in [-0.2, 0) is 13.0 Å². The Morgan fingerprint density at radius 3 is 2.57 bits per heavy atom. The second-order valence-corrected chi connectivity index (χ2v) is 5.81. The lowest BCUT2D eigenvalue weighted by molar-refractivity contribution is 0.224. The van der Waals surface area contributed by atoms with Gasteiger partial charge in [0.1, 0.15) is 12.4 Å². The lowest BCUT2D eigenvalue weighted by atomic mass is 9.84. The van der Waals surface area contributed by atoms with Crippen molar-refractivity contribution in [3.05, 3.63) is 65.7 Å². The lowest BCUT2D eigenvalue weighted by Crippen LogP contribution is -2.53. The Kier molecular flexibility index (Phi) is 4.56. The fourth-order valence-electron chi connectivity index (χ4n) is 2.95. The maximum atomic E-state index is 5.90. The fourth-order valence-corrected chi connectivity index (χ4v) is 2.95. The minimum atomic E-state index is 0.632. The summed E-state index contributed by atoms with van der Waals surface area (Å²) in [5, 5.41) is 3.50. The van der Waals surface area contributed by atoms with E-state index >= 15 is 0 Å². The van der Waals surface area contributed by atoms with Crippen LogP contribution in [0.5, 0.6) is 5.75 Å². The molecule has 1 N–H and O–H groups in total. The minimum Gasteiger partial charge on any atom is -0.489 e. The molecule has 2 nitrogen and oxygen atoms in total. The van der Waals surface area contributed by atoms with Gasteiger partial charge in [0, 0.05) is 12.6 Å². The van der Waals surface area contributed by atoms with Crippen LogP contribution >= 0.6 is 0 Å². The maximum absolute atomic E-state index is 5.90. The highest BCUT2D eigenvalue weighted by Gasteiger charge is 2.28. The molecule has 21 heavy (non-hydrogen) atoms. The number of ether oxygens (including phenoxy) is 1. The van der Waals surface area contributed by atoms with Crippen molar-refractivity contribution >= 4 is 0 Å². The van der Waals surface area contributed by atoms with Gasteiger partial charge in [-0.2, -0.15) is 0 Å². The second kappa shape index (κ2) is 6.77. The van der Waals surface area contributed by atoms with Gasteiger partial charge in [-0.15, -0.1) is 0 Å². The average molecular weight is 281 g/mol.